The van der Waals surface area contributed by atoms with Crippen molar-refractivity contribution >= 4 is 39.0 Å². The van der Waals surface area contributed by atoms with E-state index in [-0.39, 0.29) is 21.8 Å². The van der Waals surface area contributed by atoms with Gasteiger partial charge in [-0.2, -0.15) is 4.39 Å². The minimum Gasteiger partial charge on any atom is -0.495 e. The maximum absolute atomic E-state index is 13.4. The maximum Gasteiger partial charge on any atom is 0.338 e. The number of sulfonamides is 1. The van der Waals surface area contributed by atoms with Crippen LogP contribution in [0, 0.1) is 15.9 Å². The van der Waals surface area contributed by atoms with Gasteiger partial charge in [0.1, 0.15) is 5.75 Å². The number of esters is 1. The molecule has 2 N–H and O–H groups in total. The van der Waals surface area contributed by atoms with Crippen molar-refractivity contribution in [2.24, 2.45) is 0 Å². The van der Waals surface area contributed by atoms with E-state index in [1.165, 1.54) is 31.4 Å². The molecular weight excluding hydrogens is 485 g/mol. The molecule has 0 aromatic heterocycles. The number of carbonyl (C=O) groups excluding carboxylic acids is 2. The van der Waals surface area contributed by atoms with Crippen LogP contribution in [-0.4, -0.2) is 38.9 Å². The Hall–Kier alpha value is -4.52. The highest BCUT2D eigenvalue weighted by molar-refractivity contribution is 7.92. The summed E-state index contributed by atoms with van der Waals surface area (Å²) >= 11 is 0. The van der Waals surface area contributed by atoms with Crippen molar-refractivity contribution in [2.45, 2.75) is 4.90 Å². The number of methoxy groups -OCH3 is 1. The number of amides is 1. The lowest BCUT2D eigenvalue weighted by atomic mass is 10.2. The highest BCUT2D eigenvalue weighted by atomic mass is 32.2. The van der Waals surface area contributed by atoms with Crippen molar-refractivity contribution < 1.29 is 36.8 Å². The standard InChI is InChI=1S/C22H18FN3O8S/c1-33-20-8-3-2-7-18(20)25-35(31,32)16-6-4-5-14(11-16)22(28)34-13-21(27)24-15-9-10-17(23)19(12-15)26(29)30/h2-12,25H,13H2,1H3,(H,24,27). The number of para-hydroxylation sites is 2. The zero-order valence-electron chi connectivity index (χ0n) is 18.1. The predicted octanol–water partition coefficient (Wildman–Crippen LogP) is 3.34. The normalized spacial score (nSPS) is 10.8. The van der Waals surface area contributed by atoms with E-state index in [1.54, 1.807) is 18.2 Å². The molecule has 0 fully saturated rings. The number of nitro benzene ring substituents is 1. The van der Waals surface area contributed by atoms with Gasteiger partial charge in [-0.3, -0.25) is 19.6 Å². The van der Waals surface area contributed by atoms with E-state index in [4.69, 9.17) is 9.47 Å². The Labute approximate surface area is 198 Å². The fraction of sp³-hybridized carbons (Fsp3) is 0.0909. The first-order valence-corrected chi connectivity index (χ1v) is 11.3. The molecule has 0 saturated carbocycles. The molecule has 0 unspecified atom stereocenters. The first-order valence-electron chi connectivity index (χ1n) is 9.77. The molecule has 3 aromatic rings. The molecule has 0 spiro atoms. The van der Waals surface area contributed by atoms with E-state index in [2.05, 4.69) is 10.0 Å². The van der Waals surface area contributed by atoms with Gasteiger partial charge in [0, 0.05) is 11.8 Å². The Morgan fingerprint density at radius 1 is 1.06 bits per heavy atom. The Kier molecular flexibility index (Phi) is 7.61. The number of anilines is 2. The number of carbonyl (C=O) groups is 2. The minimum atomic E-state index is -4.09. The maximum atomic E-state index is 13.4. The van der Waals surface area contributed by atoms with Gasteiger partial charge < -0.3 is 14.8 Å². The first-order chi connectivity index (χ1) is 16.6. The number of halogens is 1. The van der Waals surface area contributed by atoms with Crippen LogP contribution in [0.2, 0.25) is 0 Å². The van der Waals surface area contributed by atoms with Crippen LogP contribution in [0.4, 0.5) is 21.5 Å². The molecule has 0 atom stereocenters. The molecule has 13 heteroatoms. The lowest BCUT2D eigenvalue weighted by Gasteiger charge is -2.12. The van der Waals surface area contributed by atoms with Crippen LogP contribution >= 0.6 is 0 Å². The van der Waals surface area contributed by atoms with E-state index in [1.807, 2.05) is 0 Å². The fourth-order valence-electron chi connectivity index (χ4n) is 2.86. The fourth-order valence-corrected chi connectivity index (χ4v) is 3.98. The Morgan fingerprint density at radius 3 is 2.51 bits per heavy atom. The second kappa shape index (κ2) is 10.6. The van der Waals surface area contributed by atoms with Crippen LogP contribution in [0.5, 0.6) is 5.75 Å². The largest absolute Gasteiger partial charge is 0.495 e. The van der Waals surface area contributed by atoms with E-state index in [0.717, 1.165) is 24.3 Å². The molecule has 35 heavy (non-hydrogen) atoms. The van der Waals surface area contributed by atoms with Crippen LogP contribution in [0.3, 0.4) is 0 Å². The summed E-state index contributed by atoms with van der Waals surface area (Å²) in [4.78, 5) is 34.0. The smallest absolute Gasteiger partial charge is 0.338 e. The molecule has 0 heterocycles. The molecule has 11 nitrogen and oxygen atoms in total. The van der Waals surface area contributed by atoms with Crippen molar-refractivity contribution in [3.63, 3.8) is 0 Å². The predicted molar refractivity (Wildman–Crippen MR) is 122 cm³/mol. The van der Waals surface area contributed by atoms with Crippen molar-refractivity contribution in [3.8, 4) is 5.75 Å². The highest BCUT2D eigenvalue weighted by Gasteiger charge is 2.20. The Balaban J connectivity index is 1.66. The van der Waals surface area contributed by atoms with Gasteiger partial charge in [-0.25, -0.2) is 13.2 Å². The van der Waals surface area contributed by atoms with Crippen molar-refractivity contribution in [2.75, 3.05) is 23.8 Å². The topological polar surface area (TPSA) is 154 Å². The zero-order chi connectivity index (χ0) is 25.6. The summed E-state index contributed by atoms with van der Waals surface area (Å²) < 4.78 is 51.3. The average Bonchev–Trinajstić information content (AvgIpc) is 2.83. The number of nitro groups is 1. The van der Waals surface area contributed by atoms with E-state index in [0.29, 0.717) is 5.75 Å². The van der Waals surface area contributed by atoms with Crippen molar-refractivity contribution in [1.82, 2.24) is 0 Å². The van der Waals surface area contributed by atoms with Gasteiger partial charge >= 0.3 is 11.7 Å². The number of rotatable bonds is 9. The minimum absolute atomic E-state index is 0.0744. The van der Waals surface area contributed by atoms with E-state index < -0.39 is 44.9 Å². The van der Waals surface area contributed by atoms with Crippen LogP contribution in [0.1, 0.15) is 10.4 Å². The molecule has 3 aromatic carbocycles. The highest BCUT2D eigenvalue weighted by Crippen LogP contribution is 2.26. The van der Waals surface area contributed by atoms with Crippen LogP contribution < -0.4 is 14.8 Å². The van der Waals surface area contributed by atoms with Crippen LogP contribution in [0.25, 0.3) is 0 Å². The van der Waals surface area contributed by atoms with Crippen molar-refractivity contribution in [3.05, 3.63) is 88.2 Å². The Morgan fingerprint density at radius 2 is 1.80 bits per heavy atom. The summed E-state index contributed by atoms with van der Waals surface area (Å²) in [5, 5.41) is 13.0. The van der Waals surface area contributed by atoms with Gasteiger partial charge in [0.25, 0.3) is 15.9 Å². The third-order valence-corrected chi connectivity index (χ3v) is 5.86. The lowest BCUT2D eigenvalue weighted by molar-refractivity contribution is -0.387. The molecule has 0 bridgehead atoms. The number of nitrogens with zero attached hydrogens (tertiary/aromatic N) is 1. The summed E-state index contributed by atoms with van der Waals surface area (Å²) in [6.07, 6.45) is 0. The third kappa shape index (κ3) is 6.29. The van der Waals surface area contributed by atoms with Gasteiger partial charge in [-0.1, -0.05) is 18.2 Å². The van der Waals surface area contributed by atoms with E-state index in [9.17, 15) is 32.5 Å². The van der Waals surface area contributed by atoms with Crippen LogP contribution in [-0.2, 0) is 19.6 Å². The molecule has 3 rings (SSSR count). The summed E-state index contributed by atoms with van der Waals surface area (Å²) in [7, 11) is -2.71. The molecular formula is C22H18FN3O8S. The Bertz CT molecular complexity index is 1390. The monoisotopic (exact) mass is 503 g/mol. The summed E-state index contributed by atoms with van der Waals surface area (Å²) in [5.41, 5.74) is -0.854. The molecule has 1 amide bonds. The second-order valence-corrected chi connectivity index (χ2v) is 8.56. The average molecular weight is 503 g/mol. The molecule has 0 aliphatic carbocycles. The summed E-state index contributed by atoms with van der Waals surface area (Å²) in [6, 6.07) is 14.0. The quantitative estimate of drug-likeness (QED) is 0.256. The number of ether oxygens (including phenoxy) is 2. The lowest BCUT2D eigenvalue weighted by Crippen LogP contribution is -2.21. The van der Waals surface area contributed by atoms with E-state index >= 15 is 0 Å². The van der Waals surface area contributed by atoms with Gasteiger partial charge in [0.15, 0.2) is 6.61 Å². The van der Waals surface area contributed by atoms with Gasteiger partial charge in [-0.05, 0) is 42.5 Å². The van der Waals surface area contributed by atoms with Crippen LogP contribution in [0.15, 0.2) is 71.6 Å². The molecule has 0 saturated heterocycles. The SMILES string of the molecule is COc1ccccc1NS(=O)(=O)c1cccc(C(=O)OCC(=O)Nc2ccc(F)c([N+](=O)[O-])c2)c1. The number of hydrogen-bond donors (Lipinski definition) is 2. The van der Waals surface area contributed by atoms with Gasteiger partial charge in [0.05, 0.1) is 28.2 Å². The third-order valence-electron chi connectivity index (χ3n) is 4.49. The molecule has 0 aliphatic heterocycles. The first kappa shape index (κ1) is 25.1. The number of hydrogen-bond acceptors (Lipinski definition) is 8. The zero-order valence-corrected chi connectivity index (χ0v) is 18.9. The molecule has 0 radical (unpaired) electrons. The molecule has 0 aliphatic rings. The van der Waals surface area contributed by atoms with Gasteiger partial charge in [-0.15, -0.1) is 0 Å². The summed E-state index contributed by atoms with van der Waals surface area (Å²) in [6.45, 7) is -0.777. The molecule has 182 valence electrons. The van der Waals surface area contributed by atoms with Crippen molar-refractivity contribution in [1.29, 1.82) is 0 Å². The summed E-state index contributed by atoms with van der Waals surface area (Å²) in [5.74, 6) is -2.61. The number of nitrogens with one attached hydrogen (secondary N) is 2. The number of benzene rings is 3. The second-order valence-electron chi connectivity index (χ2n) is 6.88. The van der Waals surface area contributed by atoms with Gasteiger partial charge in [0.2, 0.25) is 5.82 Å².